The van der Waals surface area contributed by atoms with Crippen molar-refractivity contribution in [1.82, 2.24) is 52.4 Å². The number of methoxy groups -OCH3 is 1. The van der Waals surface area contributed by atoms with Gasteiger partial charge in [-0.15, -0.1) is 23.5 Å². The highest BCUT2D eigenvalue weighted by Gasteiger charge is 2.32. The number of hydrogen-bond donors (Lipinski definition) is 8. The van der Waals surface area contributed by atoms with E-state index in [1.165, 1.54) is 24.9 Å². The largest absolute Gasteiger partial charge is 0.497 e. The summed E-state index contributed by atoms with van der Waals surface area (Å²) in [6.45, 7) is 9.39. The van der Waals surface area contributed by atoms with Crippen LogP contribution in [0.5, 0.6) is 11.5 Å². The highest BCUT2D eigenvalue weighted by Crippen LogP contribution is 2.26. The molecule has 65 heavy (non-hydrogen) atoms. The van der Waals surface area contributed by atoms with Crippen LogP contribution < -0.4 is 52.3 Å². The summed E-state index contributed by atoms with van der Waals surface area (Å²) in [5.74, 6) is 1.22. The molecule has 0 aromatic heterocycles. The SMILES string of the molecule is COc1ccc(CNC(=O)[C@H](COCCOCCOCCN2CC(COc3ccc(NC(=O)NC4NC(CC(=O)N5CCN(C)CC5)CS4)cc3)NN2)SC2NC(=O)NCC2C)c(F)c1. The smallest absolute Gasteiger partial charge is 0.321 e. The maximum atomic E-state index is 14.5. The number of carbonyl (C=O) groups is 4. The molecule has 4 aliphatic heterocycles. The minimum absolute atomic E-state index is 0.00862. The fourth-order valence-corrected chi connectivity index (χ4v) is 9.52. The molecular weight excluding hydrogens is 886 g/mol. The van der Waals surface area contributed by atoms with Crippen molar-refractivity contribution in [3.63, 3.8) is 0 Å². The molecule has 0 bridgehead atoms. The molecule has 8 N–H and O–H groups in total. The van der Waals surface area contributed by atoms with Crippen LogP contribution in [-0.2, 0) is 30.3 Å². The van der Waals surface area contributed by atoms with Crippen molar-refractivity contribution >= 4 is 53.1 Å². The fraction of sp³-hybridized carbons (Fsp3) is 0.619. The van der Waals surface area contributed by atoms with Gasteiger partial charge in [0.1, 0.15) is 34.7 Å². The second-order valence-corrected chi connectivity index (χ2v) is 18.6. The molecule has 0 saturated carbocycles. The van der Waals surface area contributed by atoms with Crippen LogP contribution in [0.25, 0.3) is 0 Å². The Morgan fingerprint density at radius 1 is 0.969 bits per heavy atom. The van der Waals surface area contributed by atoms with Gasteiger partial charge in [0.15, 0.2) is 0 Å². The summed E-state index contributed by atoms with van der Waals surface area (Å²) in [7, 11) is 3.52. The van der Waals surface area contributed by atoms with Crippen LogP contribution in [-0.4, -0.2) is 179 Å². The summed E-state index contributed by atoms with van der Waals surface area (Å²) in [6.07, 6.45) is 0.422. The van der Waals surface area contributed by atoms with Gasteiger partial charge in [0, 0.05) is 93.8 Å². The van der Waals surface area contributed by atoms with E-state index >= 15 is 0 Å². The van der Waals surface area contributed by atoms with E-state index in [0.29, 0.717) is 81.8 Å². The minimum atomic E-state index is -0.659. The highest BCUT2D eigenvalue weighted by atomic mass is 32.2. The summed E-state index contributed by atoms with van der Waals surface area (Å²) in [5, 5.41) is 18.6. The van der Waals surface area contributed by atoms with Crippen molar-refractivity contribution in [3.8, 4) is 11.5 Å². The lowest BCUT2D eigenvalue weighted by atomic mass is 10.1. The lowest BCUT2D eigenvalue weighted by molar-refractivity contribution is -0.133. The minimum Gasteiger partial charge on any atom is -0.497 e. The first-order chi connectivity index (χ1) is 31.5. The number of urea groups is 2. The monoisotopic (exact) mass is 949 g/mol. The van der Waals surface area contributed by atoms with E-state index in [1.807, 2.05) is 29.0 Å². The van der Waals surface area contributed by atoms with Gasteiger partial charge in [-0.3, -0.25) is 14.9 Å². The molecule has 0 spiro atoms. The van der Waals surface area contributed by atoms with Crippen molar-refractivity contribution in [2.45, 2.75) is 48.1 Å². The van der Waals surface area contributed by atoms with Crippen molar-refractivity contribution in [2.75, 3.05) is 117 Å². The second-order valence-electron chi connectivity index (χ2n) is 16.1. The first-order valence-electron chi connectivity index (χ1n) is 21.9. The maximum absolute atomic E-state index is 14.5. The third-order valence-electron chi connectivity index (χ3n) is 11.0. The average Bonchev–Trinajstić information content (AvgIpc) is 3.95. The molecule has 0 aliphatic carbocycles. The first-order valence-corrected chi connectivity index (χ1v) is 23.9. The number of amides is 6. The van der Waals surface area contributed by atoms with Crippen LogP contribution in [0, 0.1) is 11.7 Å². The summed E-state index contributed by atoms with van der Waals surface area (Å²) >= 11 is 2.88. The number of thioether (sulfide) groups is 2. The van der Waals surface area contributed by atoms with Crippen LogP contribution in [0.1, 0.15) is 18.9 Å². The van der Waals surface area contributed by atoms with Gasteiger partial charge < -0.3 is 60.1 Å². The number of benzene rings is 2. The Bertz CT molecular complexity index is 1840. The zero-order valence-electron chi connectivity index (χ0n) is 37.2. The van der Waals surface area contributed by atoms with E-state index in [4.69, 9.17) is 23.7 Å². The van der Waals surface area contributed by atoms with Crippen molar-refractivity contribution in [1.29, 1.82) is 0 Å². The highest BCUT2D eigenvalue weighted by molar-refractivity contribution is 8.01. The van der Waals surface area contributed by atoms with Gasteiger partial charge in [-0.2, -0.15) is 5.53 Å². The first kappa shape index (κ1) is 50.2. The molecule has 5 unspecified atom stereocenters. The topological polar surface area (TPSA) is 220 Å². The summed E-state index contributed by atoms with van der Waals surface area (Å²) in [5.41, 5.74) is 7.04. The van der Waals surface area contributed by atoms with Crippen LogP contribution in [0.15, 0.2) is 42.5 Å². The van der Waals surface area contributed by atoms with Crippen LogP contribution >= 0.6 is 23.5 Å². The zero-order valence-corrected chi connectivity index (χ0v) is 38.9. The quantitative estimate of drug-likeness (QED) is 0.0687. The Morgan fingerprint density at radius 2 is 1.71 bits per heavy atom. The van der Waals surface area contributed by atoms with E-state index in [2.05, 4.69) is 54.8 Å². The zero-order chi connectivity index (χ0) is 46.0. The normalized spacial score (nSPS) is 23.0. The molecule has 0 radical (unpaired) electrons. The molecular formula is C42H64FN11O9S2. The summed E-state index contributed by atoms with van der Waals surface area (Å²) < 4.78 is 42.8. The van der Waals surface area contributed by atoms with E-state index in [-0.39, 0.29) is 72.5 Å². The van der Waals surface area contributed by atoms with Crippen molar-refractivity contribution < 1.29 is 47.3 Å². The number of halogens is 1. The van der Waals surface area contributed by atoms with Gasteiger partial charge in [-0.25, -0.2) is 24.4 Å². The van der Waals surface area contributed by atoms with E-state index < -0.39 is 11.1 Å². The number of hydrazine groups is 2. The lowest BCUT2D eigenvalue weighted by Crippen LogP contribution is -2.54. The standard InChI is InChI=1S/C42H64FN11O9S2/c1-28-22-45-40(57)48-39(28)65-36(38(56)44-23-29-4-7-34(59-3)21-35(29)43)26-62-19-18-61-17-16-60-15-14-54-24-32(50-51-54)25-63-33-8-5-30(6-9-33)46-41(58)49-42-47-31(27-64-42)20-37(55)53-12-10-52(2)11-13-53/h4-9,21,28,31-32,36,39,42,47,50-51H,10-20,22-27H2,1-3H3,(H,44,56)(H2,45,48,57)(H2,46,49,58)/t28?,31?,32?,36-,39?,42?/m0/s1. The van der Waals surface area contributed by atoms with Gasteiger partial charge in [0.05, 0.1) is 58.2 Å². The number of likely N-dealkylation sites (N-methyl/N-ethyl adjacent to an activating group) is 1. The molecule has 23 heteroatoms. The summed E-state index contributed by atoms with van der Waals surface area (Å²) in [4.78, 5) is 54.7. The molecule has 4 heterocycles. The summed E-state index contributed by atoms with van der Waals surface area (Å²) in [6, 6.07) is 11.1. The molecule has 360 valence electrons. The van der Waals surface area contributed by atoms with Gasteiger partial charge in [0.25, 0.3) is 0 Å². The predicted molar refractivity (Wildman–Crippen MR) is 246 cm³/mol. The molecule has 4 aliphatic rings. The van der Waals surface area contributed by atoms with Gasteiger partial charge >= 0.3 is 12.1 Å². The molecule has 4 saturated heterocycles. The number of nitrogens with one attached hydrogen (secondary N) is 8. The van der Waals surface area contributed by atoms with Gasteiger partial charge in [0.2, 0.25) is 11.8 Å². The van der Waals surface area contributed by atoms with Crippen molar-refractivity contribution in [2.24, 2.45) is 5.92 Å². The number of ether oxygens (including phenoxy) is 5. The van der Waals surface area contributed by atoms with Gasteiger partial charge in [-0.05, 0) is 37.4 Å². The third-order valence-corrected chi connectivity index (χ3v) is 13.8. The van der Waals surface area contributed by atoms with Crippen LogP contribution in [0.2, 0.25) is 0 Å². The number of nitrogens with zero attached hydrogens (tertiary/aromatic N) is 3. The van der Waals surface area contributed by atoms with E-state index in [9.17, 15) is 23.6 Å². The fourth-order valence-electron chi connectivity index (χ4n) is 7.12. The molecule has 20 nitrogen and oxygen atoms in total. The molecule has 4 fully saturated rings. The van der Waals surface area contributed by atoms with Crippen molar-refractivity contribution in [3.05, 3.63) is 53.8 Å². The number of carbonyl (C=O) groups excluding carboxylic acids is 4. The lowest BCUT2D eigenvalue weighted by Gasteiger charge is -2.33. The van der Waals surface area contributed by atoms with E-state index in [1.54, 1.807) is 36.0 Å². The molecule has 2 aromatic rings. The molecule has 6 atom stereocenters. The van der Waals surface area contributed by atoms with Crippen LogP contribution in [0.3, 0.4) is 0 Å². The number of anilines is 1. The Morgan fingerprint density at radius 3 is 2.46 bits per heavy atom. The number of hydrogen-bond acceptors (Lipinski definition) is 16. The maximum Gasteiger partial charge on any atom is 0.321 e. The van der Waals surface area contributed by atoms with E-state index in [0.717, 1.165) is 31.9 Å². The number of piperazine rings is 1. The van der Waals surface area contributed by atoms with Gasteiger partial charge in [-0.1, -0.05) is 13.0 Å². The average molecular weight is 950 g/mol. The molecule has 2 aromatic carbocycles. The second kappa shape index (κ2) is 26.2. The number of rotatable bonds is 24. The third kappa shape index (κ3) is 16.9. The Hall–Kier alpha value is -4.17. The Balaban J connectivity index is 0.780. The van der Waals surface area contributed by atoms with Crippen LogP contribution in [0.4, 0.5) is 19.7 Å². The predicted octanol–water partition coefficient (Wildman–Crippen LogP) is 0.924. The molecule has 6 amide bonds. The Labute approximate surface area is 388 Å². The Kier molecular flexibility index (Phi) is 20.3. The molecule has 6 rings (SSSR count).